The lowest BCUT2D eigenvalue weighted by molar-refractivity contribution is 0.120. The molecule has 36 heavy (non-hydrogen) atoms. The highest BCUT2D eigenvalue weighted by Gasteiger charge is 2.19. The van der Waals surface area contributed by atoms with Crippen LogP contribution in [0.4, 0.5) is 5.82 Å². The lowest BCUT2D eigenvalue weighted by atomic mass is 10.0. The van der Waals surface area contributed by atoms with Gasteiger partial charge in [-0.1, -0.05) is 36.4 Å². The van der Waals surface area contributed by atoms with Crippen molar-refractivity contribution in [2.75, 3.05) is 51.6 Å². The number of para-hydroxylation sites is 1. The summed E-state index contributed by atoms with van der Waals surface area (Å²) in [5.74, 6) is 1.85. The summed E-state index contributed by atoms with van der Waals surface area (Å²) in [6.07, 6.45) is 5.42. The van der Waals surface area contributed by atoms with Gasteiger partial charge in [-0.15, -0.1) is 0 Å². The van der Waals surface area contributed by atoms with E-state index in [1.54, 1.807) is 0 Å². The fourth-order valence-electron chi connectivity index (χ4n) is 5.23. The van der Waals surface area contributed by atoms with E-state index in [1.165, 1.54) is 21.9 Å². The van der Waals surface area contributed by atoms with Gasteiger partial charge in [0.2, 0.25) is 0 Å². The van der Waals surface area contributed by atoms with Gasteiger partial charge in [0.15, 0.2) is 0 Å². The molecule has 6 heteroatoms. The number of aromatic nitrogens is 2. The van der Waals surface area contributed by atoms with Crippen molar-refractivity contribution in [3.8, 4) is 0 Å². The molecule has 7 rings (SSSR count). The highest BCUT2D eigenvalue weighted by atomic mass is 15.3. The molecule has 7 bridgehead atoms. The van der Waals surface area contributed by atoms with Crippen LogP contribution in [0.2, 0.25) is 0 Å². The molecule has 0 spiro atoms. The first-order chi connectivity index (χ1) is 17.7. The van der Waals surface area contributed by atoms with Crippen LogP contribution in [0.1, 0.15) is 23.4 Å². The zero-order valence-corrected chi connectivity index (χ0v) is 21.0. The molecule has 0 saturated carbocycles. The van der Waals surface area contributed by atoms with Gasteiger partial charge in [-0.3, -0.25) is 9.80 Å². The standard InChI is InChI=1S/C30H34N6/c1-34-13-4-12-31-30-27-5-2-3-6-28(27)32-29(33-30)22-36-17-15-35(16-18-36)21-24-8-10-25-9-7-23(11-14-34)19-26(25)20-24/h2-3,5-11,14,19-20H,4,12-13,15-18,21-22H2,1H3,(H,31,32,33)/b14-11-. The average Bonchev–Trinajstić information content (AvgIpc) is 2.90. The molecule has 4 heterocycles. The van der Waals surface area contributed by atoms with Crippen LogP contribution in [-0.4, -0.2) is 71.0 Å². The minimum Gasteiger partial charge on any atom is -0.380 e. The number of nitrogens with one attached hydrogen (secondary N) is 1. The first-order valence-electron chi connectivity index (χ1n) is 13.0. The second-order valence-electron chi connectivity index (χ2n) is 10.1. The summed E-state index contributed by atoms with van der Waals surface area (Å²) in [5, 5.41) is 7.31. The molecule has 0 atom stereocenters. The molecule has 6 nitrogen and oxygen atoms in total. The molecule has 3 aromatic carbocycles. The van der Waals surface area contributed by atoms with E-state index in [4.69, 9.17) is 9.97 Å². The van der Waals surface area contributed by atoms with Crippen molar-refractivity contribution in [1.29, 1.82) is 0 Å². The van der Waals surface area contributed by atoms with Crippen molar-refractivity contribution in [2.24, 2.45) is 0 Å². The van der Waals surface area contributed by atoms with Crippen molar-refractivity contribution in [1.82, 2.24) is 24.7 Å². The van der Waals surface area contributed by atoms with Crippen molar-refractivity contribution >= 4 is 33.6 Å². The van der Waals surface area contributed by atoms with E-state index in [2.05, 4.69) is 100 Å². The second-order valence-corrected chi connectivity index (χ2v) is 10.1. The number of piperazine rings is 1. The number of anilines is 1. The lowest BCUT2D eigenvalue weighted by Crippen LogP contribution is -2.45. The second kappa shape index (κ2) is 10.2. The van der Waals surface area contributed by atoms with Crippen LogP contribution >= 0.6 is 0 Å². The summed E-state index contributed by atoms with van der Waals surface area (Å²) in [6.45, 7) is 7.82. The van der Waals surface area contributed by atoms with Gasteiger partial charge in [-0.05, 0) is 64.9 Å². The smallest absolute Gasteiger partial charge is 0.145 e. The van der Waals surface area contributed by atoms with Gasteiger partial charge in [0, 0.05) is 58.2 Å². The zero-order valence-electron chi connectivity index (χ0n) is 21.0. The molecule has 184 valence electrons. The summed E-state index contributed by atoms with van der Waals surface area (Å²) < 4.78 is 0. The third-order valence-electron chi connectivity index (χ3n) is 7.32. The van der Waals surface area contributed by atoms with Crippen LogP contribution < -0.4 is 5.32 Å². The molecule has 0 aliphatic carbocycles. The third-order valence-corrected chi connectivity index (χ3v) is 7.32. The molecule has 3 aliphatic rings. The van der Waals surface area contributed by atoms with Crippen LogP contribution in [0.5, 0.6) is 0 Å². The molecular formula is C30H34N6. The van der Waals surface area contributed by atoms with Gasteiger partial charge >= 0.3 is 0 Å². The van der Waals surface area contributed by atoms with Gasteiger partial charge in [0.05, 0.1) is 12.1 Å². The lowest BCUT2D eigenvalue weighted by Gasteiger charge is -2.34. The Labute approximate surface area is 213 Å². The Hall–Kier alpha value is -3.48. The van der Waals surface area contributed by atoms with Crippen molar-refractivity contribution in [3.63, 3.8) is 0 Å². The van der Waals surface area contributed by atoms with E-state index < -0.39 is 0 Å². The summed E-state index contributed by atoms with van der Waals surface area (Å²) in [4.78, 5) is 17.2. The van der Waals surface area contributed by atoms with Gasteiger partial charge < -0.3 is 10.2 Å². The summed E-state index contributed by atoms with van der Waals surface area (Å²) in [5.41, 5.74) is 3.64. The minimum absolute atomic E-state index is 0.791. The van der Waals surface area contributed by atoms with E-state index in [-0.39, 0.29) is 0 Å². The van der Waals surface area contributed by atoms with Crippen LogP contribution in [0.25, 0.3) is 27.8 Å². The first-order valence-corrected chi connectivity index (χ1v) is 13.0. The van der Waals surface area contributed by atoms with Crippen molar-refractivity contribution < 1.29 is 0 Å². The number of nitrogens with zero attached hydrogens (tertiary/aromatic N) is 5. The molecule has 1 aromatic heterocycles. The molecule has 0 radical (unpaired) electrons. The van der Waals surface area contributed by atoms with E-state index in [0.29, 0.717) is 0 Å². The summed E-state index contributed by atoms with van der Waals surface area (Å²) in [7, 11) is 2.14. The number of rotatable bonds is 0. The summed E-state index contributed by atoms with van der Waals surface area (Å²) >= 11 is 0. The van der Waals surface area contributed by atoms with E-state index in [0.717, 1.165) is 81.3 Å². The Morgan fingerprint density at radius 1 is 0.778 bits per heavy atom. The number of hydrogen-bond acceptors (Lipinski definition) is 6. The predicted octanol–water partition coefficient (Wildman–Crippen LogP) is 4.82. The Morgan fingerprint density at radius 3 is 2.47 bits per heavy atom. The molecule has 0 amide bonds. The number of fused-ring (bicyclic) bond motifs is 8. The quantitative estimate of drug-likeness (QED) is 0.391. The van der Waals surface area contributed by atoms with E-state index >= 15 is 0 Å². The molecule has 3 aliphatic heterocycles. The number of benzene rings is 3. The first kappa shape index (κ1) is 23.0. The van der Waals surface area contributed by atoms with Crippen LogP contribution in [0.15, 0.2) is 66.9 Å². The average molecular weight is 479 g/mol. The van der Waals surface area contributed by atoms with Gasteiger partial charge in [-0.25, -0.2) is 9.97 Å². The Balaban J connectivity index is 1.28. The molecule has 0 unspecified atom stereocenters. The van der Waals surface area contributed by atoms with Gasteiger partial charge in [-0.2, -0.15) is 0 Å². The van der Waals surface area contributed by atoms with Crippen molar-refractivity contribution in [3.05, 3.63) is 83.8 Å². The predicted molar refractivity (Wildman–Crippen MR) is 149 cm³/mol. The maximum Gasteiger partial charge on any atom is 0.145 e. The fraction of sp³-hybridized carbons (Fsp3) is 0.333. The maximum absolute atomic E-state index is 4.96. The Bertz CT molecular complexity index is 1390. The highest BCUT2D eigenvalue weighted by Crippen LogP contribution is 2.23. The molecular weight excluding hydrogens is 444 g/mol. The van der Waals surface area contributed by atoms with Crippen LogP contribution in [-0.2, 0) is 13.1 Å². The maximum atomic E-state index is 4.96. The zero-order chi connectivity index (χ0) is 24.3. The van der Waals surface area contributed by atoms with Crippen LogP contribution in [0.3, 0.4) is 0 Å². The largest absolute Gasteiger partial charge is 0.380 e. The normalized spacial score (nSPS) is 22.0. The van der Waals surface area contributed by atoms with Crippen LogP contribution in [0, 0.1) is 0 Å². The Kier molecular flexibility index (Phi) is 6.53. The third kappa shape index (κ3) is 5.20. The topological polar surface area (TPSA) is 47.5 Å². The molecule has 1 N–H and O–H groups in total. The molecule has 1 fully saturated rings. The summed E-state index contributed by atoms with van der Waals surface area (Å²) in [6, 6.07) is 22.0. The van der Waals surface area contributed by atoms with Gasteiger partial charge in [0.1, 0.15) is 11.6 Å². The number of hydrogen-bond donors (Lipinski definition) is 1. The van der Waals surface area contributed by atoms with Crippen molar-refractivity contribution in [2.45, 2.75) is 19.5 Å². The van der Waals surface area contributed by atoms with E-state index in [1.807, 2.05) is 0 Å². The monoisotopic (exact) mass is 478 g/mol. The highest BCUT2D eigenvalue weighted by molar-refractivity contribution is 5.89. The fourth-order valence-corrected chi connectivity index (χ4v) is 5.23. The molecule has 4 aromatic rings. The molecule has 1 saturated heterocycles. The Morgan fingerprint density at radius 2 is 1.58 bits per heavy atom. The van der Waals surface area contributed by atoms with Gasteiger partial charge in [0.25, 0.3) is 0 Å². The van der Waals surface area contributed by atoms with E-state index in [9.17, 15) is 0 Å². The minimum atomic E-state index is 0.791. The SMILES string of the molecule is CN1/C=C\c2ccc3ccc(cc3c2)CN2CCN(CC2)Cc2nc(c3ccccc3n2)NCCC1.